The zero-order chi connectivity index (χ0) is 19.0. The van der Waals surface area contributed by atoms with E-state index >= 15 is 0 Å². The van der Waals surface area contributed by atoms with Crippen LogP contribution in [0.5, 0.6) is 0 Å². The highest BCUT2D eigenvalue weighted by molar-refractivity contribution is 5.88. The van der Waals surface area contributed by atoms with Gasteiger partial charge in [-0.15, -0.1) is 10.2 Å². The lowest BCUT2D eigenvalue weighted by atomic mass is 10.1. The van der Waals surface area contributed by atoms with Gasteiger partial charge in [-0.3, -0.25) is 9.89 Å². The Morgan fingerprint density at radius 1 is 1.00 bits per heavy atom. The van der Waals surface area contributed by atoms with Crippen LogP contribution in [-0.2, 0) is 0 Å². The second kappa shape index (κ2) is 6.41. The third-order valence-electron chi connectivity index (χ3n) is 4.02. The van der Waals surface area contributed by atoms with Crippen molar-refractivity contribution in [3.63, 3.8) is 0 Å². The number of aromatic nitrogens is 4. The maximum Gasteiger partial charge on any atom is 0.335 e. The molecule has 8 nitrogen and oxygen atoms in total. The number of H-pyrrole nitrogens is 1. The number of carboxylic acids is 1. The number of nitrogens with zero attached hydrogens (tertiary/aromatic N) is 3. The summed E-state index contributed by atoms with van der Waals surface area (Å²) in [5, 5.41) is 20.0. The quantitative estimate of drug-likeness (QED) is 0.577. The molecule has 0 aliphatic carbocycles. The van der Waals surface area contributed by atoms with Crippen LogP contribution in [0.1, 0.15) is 16.1 Å². The first-order chi connectivity index (χ1) is 13.0. The Kier molecular flexibility index (Phi) is 3.92. The highest BCUT2D eigenvalue weighted by Crippen LogP contribution is 2.24. The van der Waals surface area contributed by atoms with Crippen molar-refractivity contribution in [2.24, 2.45) is 0 Å². The van der Waals surface area contributed by atoms with Crippen LogP contribution in [0.15, 0.2) is 63.8 Å². The average molecular weight is 362 g/mol. The number of hydrogen-bond donors (Lipinski definition) is 2. The van der Waals surface area contributed by atoms with E-state index in [2.05, 4.69) is 15.3 Å². The van der Waals surface area contributed by atoms with Crippen molar-refractivity contribution in [2.45, 2.75) is 6.92 Å². The Bertz CT molecular complexity index is 1170. The molecule has 27 heavy (non-hydrogen) atoms. The summed E-state index contributed by atoms with van der Waals surface area (Å²) >= 11 is 0. The molecule has 2 aromatic carbocycles. The zero-order valence-electron chi connectivity index (χ0n) is 14.2. The molecule has 0 spiro atoms. The standard InChI is InChI=1S/C19H14N4O4/c1-11-10-16(24)23(22-11)15-8-6-13(7-9-15)18-21-20-17(27-18)12-2-4-14(5-3-12)19(25)26/h2-10,22H,1H3,(H,25,26). The van der Waals surface area contributed by atoms with Crippen LogP contribution in [0.2, 0.25) is 0 Å². The van der Waals surface area contributed by atoms with Crippen LogP contribution in [0.25, 0.3) is 28.6 Å². The number of rotatable bonds is 4. The van der Waals surface area contributed by atoms with Gasteiger partial charge in [0.2, 0.25) is 11.8 Å². The Morgan fingerprint density at radius 2 is 1.56 bits per heavy atom. The van der Waals surface area contributed by atoms with Crippen LogP contribution in [-0.4, -0.2) is 31.1 Å². The number of aromatic amines is 1. The molecule has 0 unspecified atom stereocenters. The second-order valence-corrected chi connectivity index (χ2v) is 5.95. The van der Waals surface area contributed by atoms with Crippen LogP contribution >= 0.6 is 0 Å². The molecule has 2 N–H and O–H groups in total. The summed E-state index contributed by atoms with van der Waals surface area (Å²) in [7, 11) is 0. The molecule has 0 aliphatic rings. The van der Waals surface area contributed by atoms with Crippen molar-refractivity contribution in [1.82, 2.24) is 20.0 Å². The number of benzene rings is 2. The SMILES string of the molecule is Cc1cc(=O)n(-c2ccc(-c3nnc(-c4ccc(C(=O)O)cc4)o3)cc2)[nH]1. The molecule has 0 bridgehead atoms. The lowest BCUT2D eigenvalue weighted by Gasteiger charge is -2.02. The highest BCUT2D eigenvalue weighted by Gasteiger charge is 2.12. The van der Waals surface area contributed by atoms with Crippen molar-refractivity contribution >= 4 is 5.97 Å². The van der Waals surface area contributed by atoms with Gasteiger partial charge in [0.15, 0.2) is 0 Å². The molecule has 0 amide bonds. The molecule has 2 aromatic heterocycles. The first-order valence-electron chi connectivity index (χ1n) is 8.08. The van der Waals surface area contributed by atoms with Crippen molar-refractivity contribution in [3.8, 4) is 28.6 Å². The van der Waals surface area contributed by atoms with E-state index in [-0.39, 0.29) is 11.1 Å². The molecule has 8 heteroatoms. The van der Waals surface area contributed by atoms with Gasteiger partial charge < -0.3 is 9.52 Å². The highest BCUT2D eigenvalue weighted by atomic mass is 16.4. The van der Waals surface area contributed by atoms with Crippen LogP contribution in [0, 0.1) is 6.92 Å². The number of aromatic carboxylic acids is 1. The molecular weight excluding hydrogens is 348 g/mol. The van der Waals surface area contributed by atoms with Crippen LogP contribution in [0.4, 0.5) is 0 Å². The zero-order valence-corrected chi connectivity index (χ0v) is 14.2. The summed E-state index contributed by atoms with van der Waals surface area (Å²) in [4.78, 5) is 22.8. The first-order valence-corrected chi connectivity index (χ1v) is 8.08. The van der Waals surface area contributed by atoms with Gasteiger partial charge in [-0.25, -0.2) is 9.48 Å². The van der Waals surface area contributed by atoms with E-state index in [1.165, 1.54) is 22.9 Å². The third kappa shape index (κ3) is 3.15. The van der Waals surface area contributed by atoms with E-state index in [0.29, 0.717) is 28.6 Å². The fourth-order valence-electron chi connectivity index (χ4n) is 2.67. The normalized spacial score (nSPS) is 10.9. The van der Waals surface area contributed by atoms with E-state index in [0.717, 1.165) is 5.69 Å². The smallest absolute Gasteiger partial charge is 0.335 e. The molecule has 4 rings (SSSR count). The number of hydrogen-bond acceptors (Lipinski definition) is 5. The van der Waals surface area contributed by atoms with Crippen molar-refractivity contribution < 1.29 is 14.3 Å². The van der Waals surface area contributed by atoms with Crippen molar-refractivity contribution in [1.29, 1.82) is 0 Å². The molecule has 134 valence electrons. The van der Waals surface area contributed by atoms with Gasteiger partial charge in [0, 0.05) is 22.9 Å². The summed E-state index contributed by atoms with van der Waals surface area (Å²) in [5.74, 6) is -0.375. The summed E-state index contributed by atoms with van der Waals surface area (Å²) < 4.78 is 7.13. The Balaban J connectivity index is 1.60. The first kappa shape index (κ1) is 16.5. The molecule has 0 aliphatic heterocycles. The maximum absolute atomic E-state index is 11.9. The predicted octanol–water partition coefficient (Wildman–Crippen LogP) is 2.89. The van der Waals surface area contributed by atoms with Gasteiger partial charge in [0.25, 0.3) is 5.56 Å². The van der Waals surface area contributed by atoms with Crippen molar-refractivity contribution in [3.05, 3.63) is 76.2 Å². The number of carbonyl (C=O) groups is 1. The molecule has 0 fully saturated rings. The second-order valence-electron chi connectivity index (χ2n) is 5.95. The monoisotopic (exact) mass is 362 g/mol. The van der Waals surface area contributed by atoms with Crippen LogP contribution in [0.3, 0.4) is 0 Å². The van der Waals surface area contributed by atoms with Gasteiger partial charge in [-0.2, -0.15) is 0 Å². The molecule has 0 atom stereocenters. The van der Waals surface area contributed by atoms with E-state index in [4.69, 9.17) is 9.52 Å². The lowest BCUT2D eigenvalue weighted by molar-refractivity contribution is 0.0697. The Hall–Kier alpha value is -3.94. The molecule has 0 saturated carbocycles. The molecule has 0 radical (unpaired) electrons. The number of nitrogens with one attached hydrogen (secondary N) is 1. The fourth-order valence-corrected chi connectivity index (χ4v) is 2.67. The fraction of sp³-hybridized carbons (Fsp3) is 0.0526. The molecule has 4 aromatic rings. The summed E-state index contributed by atoms with van der Waals surface area (Å²) in [6, 6.07) is 14.8. The number of carboxylic acid groups (broad SMARTS) is 1. The van der Waals surface area contributed by atoms with E-state index < -0.39 is 5.97 Å². The maximum atomic E-state index is 11.9. The lowest BCUT2D eigenvalue weighted by Crippen LogP contribution is -2.13. The van der Waals surface area contributed by atoms with E-state index in [1.807, 2.05) is 6.92 Å². The largest absolute Gasteiger partial charge is 0.478 e. The summed E-state index contributed by atoms with van der Waals surface area (Å²) in [6.07, 6.45) is 0. The van der Waals surface area contributed by atoms with Gasteiger partial charge in [-0.1, -0.05) is 0 Å². The van der Waals surface area contributed by atoms with Gasteiger partial charge in [0.1, 0.15) is 0 Å². The van der Waals surface area contributed by atoms with Crippen molar-refractivity contribution in [2.75, 3.05) is 0 Å². The predicted molar refractivity (Wildman–Crippen MR) is 96.8 cm³/mol. The van der Waals surface area contributed by atoms with Gasteiger partial charge in [-0.05, 0) is 55.5 Å². The van der Waals surface area contributed by atoms with E-state index in [1.54, 1.807) is 36.4 Å². The minimum atomic E-state index is -0.996. The Labute approximate surface area is 152 Å². The molecule has 0 saturated heterocycles. The minimum Gasteiger partial charge on any atom is -0.478 e. The minimum absolute atomic E-state index is 0.134. The van der Waals surface area contributed by atoms with Gasteiger partial charge >= 0.3 is 5.97 Å². The Morgan fingerprint density at radius 3 is 2.04 bits per heavy atom. The molecule has 2 heterocycles. The van der Waals surface area contributed by atoms with Crippen LogP contribution < -0.4 is 5.56 Å². The van der Waals surface area contributed by atoms with Gasteiger partial charge in [0.05, 0.1) is 11.3 Å². The summed E-state index contributed by atoms with van der Waals surface area (Å²) in [5.41, 5.74) is 2.86. The van der Waals surface area contributed by atoms with E-state index in [9.17, 15) is 9.59 Å². The number of aryl methyl sites for hydroxylation is 1. The third-order valence-corrected chi connectivity index (χ3v) is 4.02. The average Bonchev–Trinajstić information content (AvgIpc) is 3.28. The summed E-state index contributed by atoms with van der Waals surface area (Å²) in [6.45, 7) is 1.81. The molecular formula is C19H14N4O4. The topological polar surface area (TPSA) is 114 Å².